The fraction of sp³-hybridized carbons (Fsp3) is 0.364. The first-order valence-electron chi connectivity index (χ1n) is 4.86. The highest BCUT2D eigenvalue weighted by Gasteiger charge is 2.20. The Hall–Kier alpha value is -1.42. The summed E-state index contributed by atoms with van der Waals surface area (Å²) in [6, 6.07) is 6.40. The SMILES string of the molecule is O=C(Cc1ccccc1F)NC1COC1. The summed E-state index contributed by atoms with van der Waals surface area (Å²) in [6.07, 6.45) is 0.0865. The molecule has 1 aromatic carbocycles. The lowest BCUT2D eigenvalue weighted by Crippen LogP contribution is -2.49. The molecule has 1 heterocycles. The Balaban J connectivity index is 1.90. The molecule has 0 aliphatic carbocycles. The predicted octanol–water partition coefficient (Wildman–Crippen LogP) is 0.883. The summed E-state index contributed by atoms with van der Waals surface area (Å²) in [7, 11) is 0. The van der Waals surface area contributed by atoms with Gasteiger partial charge in [-0.25, -0.2) is 4.39 Å². The number of rotatable bonds is 3. The van der Waals surface area contributed by atoms with Gasteiger partial charge >= 0.3 is 0 Å². The molecule has 0 spiro atoms. The Morgan fingerprint density at radius 1 is 1.47 bits per heavy atom. The van der Waals surface area contributed by atoms with Gasteiger partial charge in [0, 0.05) is 0 Å². The van der Waals surface area contributed by atoms with Crippen molar-refractivity contribution in [3.63, 3.8) is 0 Å². The molecular formula is C11H12FNO2. The lowest BCUT2D eigenvalue weighted by Gasteiger charge is -2.26. The zero-order chi connectivity index (χ0) is 10.7. The number of carbonyl (C=O) groups is 1. The van der Waals surface area contributed by atoms with E-state index in [1.54, 1.807) is 18.2 Å². The van der Waals surface area contributed by atoms with Gasteiger partial charge in [-0.05, 0) is 11.6 Å². The Kier molecular flexibility index (Phi) is 2.97. The minimum atomic E-state index is -0.336. The van der Waals surface area contributed by atoms with Gasteiger partial charge in [-0.3, -0.25) is 4.79 Å². The van der Waals surface area contributed by atoms with Crippen LogP contribution in [0.1, 0.15) is 5.56 Å². The first-order chi connectivity index (χ1) is 7.25. The van der Waals surface area contributed by atoms with Crippen LogP contribution in [0.5, 0.6) is 0 Å². The number of amides is 1. The van der Waals surface area contributed by atoms with E-state index in [0.717, 1.165) is 0 Å². The third kappa shape index (κ3) is 2.53. The predicted molar refractivity (Wildman–Crippen MR) is 52.9 cm³/mol. The minimum Gasteiger partial charge on any atom is -0.377 e. The molecule has 1 aliphatic heterocycles. The van der Waals surface area contributed by atoms with Crippen molar-refractivity contribution in [3.05, 3.63) is 35.6 Å². The van der Waals surface area contributed by atoms with Crippen LogP contribution in [0.15, 0.2) is 24.3 Å². The van der Waals surface area contributed by atoms with Gasteiger partial charge in [0.25, 0.3) is 0 Å². The number of hydrogen-bond donors (Lipinski definition) is 1. The number of nitrogens with one attached hydrogen (secondary N) is 1. The summed E-state index contributed by atoms with van der Waals surface area (Å²) in [5.41, 5.74) is 0.426. The topological polar surface area (TPSA) is 38.3 Å². The van der Waals surface area contributed by atoms with Crippen LogP contribution in [0.2, 0.25) is 0 Å². The van der Waals surface area contributed by atoms with E-state index in [9.17, 15) is 9.18 Å². The van der Waals surface area contributed by atoms with Crippen LogP contribution in [-0.4, -0.2) is 25.2 Å². The maximum absolute atomic E-state index is 13.2. The van der Waals surface area contributed by atoms with Gasteiger partial charge in [0.05, 0.1) is 25.7 Å². The second-order valence-electron chi connectivity index (χ2n) is 3.57. The molecule has 0 saturated carbocycles. The van der Waals surface area contributed by atoms with E-state index in [1.165, 1.54) is 6.07 Å². The molecule has 0 radical (unpaired) electrons. The number of ether oxygens (including phenoxy) is 1. The molecular weight excluding hydrogens is 197 g/mol. The summed E-state index contributed by atoms with van der Waals surface area (Å²) in [4.78, 5) is 11.4. The smallest absolute Gasteiger partial charge is 0.224 e. The van der Waals surface area contributed by atoms with Crippen molar-refractivity contribution < 1.29 is 13.9 Å². The Labute approximate surface area is 87.2 Å². The average molecular weight is 209 g/mol. The van der Waals surface area contributed by atoms with Crippen LogP contribution in [0.3, 0.4) is 0 Å². The molecule has 0 atom stereocenters. The highest BCUT2D eigenvalue weighted by Crippen LogP contribution is 2.07. The molecule has 3 nitrogen and oxygen atoms in total. The monoisotopic (exact) mass is 209 g/mol. The second-order valence-corrected chi connectivity index (χ2v) is 3.57. The van der Waals surface area contributed by atoms with Crippen LogP contribution in [0, 0.1) is 5.82 Å². The fourth-order valence-electron chi connectivity index (χ4n) is 1.41. The van der Waals surface area contributed by atoms with E-state index in [2.05, 4.69) is 5.32 Å². The Morgan fingerprint density at radius 2 is 2.20 bits per heavy atom. The van der Waals surface area contributed by atoms with Crippen molar-refractivity contribution in [3.8, 4) is 0 Å². The molecule has 2 rings (SSSR count). The number of benzene rings is 1. The van der Waals surface area contributed by atoms with Crippen LogP contribution in [0.25, 0.3) is 0 Å². The average Bonchev–Trinajstić information content (AvgIpc) is 2.16. The molecule has 1 fully saturated rings. The zero-order valence-electron chi connectivity index (χ0n) is 8.20. The van der Waals surface area contributed by atoms with Gasteiger partial charge in [-0.2, -0.15) is 0 Å². The molecule has 1 N–H and O–H groups in total. The lowest BCUT2D eigenvalue weighted by atomic mass is 10.1. The first-order valence-corrected chi connectivity index (χ1v) is 4.86. The van der Waals surface area contributed by atoms with Crippen molar-refractivity contribution in [2.75, 3.05) is 13.2 Å². The molecule has 0 aromatic heterocycles. The van der Waals surface area contributed by atoms with Gasteiger partial charge in [0.15, 0.2) is 0 Å². The quantitative estimate of drug-likeness (QED) is 0.802. The zero-order valence-corrected chi connectivity index (χ0v) is 8.20. The normalized spacial score (nSPS) is 15.8. The molecule has 1 aromatic rings. The van der Waals surface area contributed by atoms with Gasteiger partial charge < -0.3 is 10.1 Å². The van der Waals surface area contributed by atoms with Crippen molar-refractivity contribution in [2.24, 2.45) is 0 Å². The number of halogens is 1. The highest BCUT2D eigenvalue weighted by molar-refractivity contribution is 5.79. The van der Waals surface area contributed by atoms with Crippen LogP contribution in [-0.2, 0) is 16.0 Å². The molecule has 1 saturated heterocycles. The maximum atomic E-state index is 13.2. The number of hydrogen-bond acceptors (Lipinski definition) is 2. The largest absolute Gasteiger partial charge is 0.377 e. The van der Waals surface area contributed by atoms with Gasteiger partial charge in [0.1, 0.15) is 5.82 Å². The summed E-state index contributed by atoms with van der Waals surface area (Å²) < 4.78 is 18.1. The lowest BCUT2D eigenvalue weighted by molar-refractivity contribution is -0.124. The third-order valence-electron chi connectivity index (χ3n) is 2.31. The van der Waals surface area contributed by atoms with Crippen LogP contribution < -0.4 is 5.32 Å². The number of carbonyl (C=O) groups excluding carboxylic acids is 1. The van der Waals surface area contributed by atoms with E-state index in [1.807, 2.05) is 0 Å². The summed E-state index contributed by atoms with van der Waals surface area (Å²) in [5.74, 6) is -0.495. The first kappa shape index (κ1) is 10.1. The molecule has 1 aliphatic rings. The van der Waals surface area contributed by atoms with Crippen LogP contribution >= 0.6 is 0 Å². The van der Waals surface area contributed by atoms with Crippen molar-refractivity contribution in [1.82, 2.24) is 5.32 Å². The molecule has 15 heavy (non-hydrogen) atoms. The summed E-state index contributed by atoms with van der Waals surface area (Å²) >= 11 is 0. The maximum Gasteiger partial charge on any atom is 0.224 e. The molecule has 0 unspecified atom stereocenters. The fourth-order valence-corrected chi connectivity index (χ4v) is 1.41. The van der Waals surface area contributed by atoms with Crippen molar-refractivity contribution >= 4 is 5.91 Å². The van der Waals surface area contributed by atoms with E-state index in [0.29, 0.717) is 18.8 Å². The molecule has 1 amide bonds. The van der Waals surface area contributed by atoms with E-state index < -0.39 is 0 Å². The van der Waals surface area contributed by atoms with Gasteiger partial charge in [0.2, 0.25) is 5.91 Å². The second kappa shape index (κ2) is 4.40. The summed E-state index contributed by atoms with van der Waals surface area (Å²) in [5, 5.41) is 2.76. The Morgan fingerprint density at radius 3 is 2.80 bits per heavy atom. The van der Waals surface area contributed by atoms with Gasteiger partial charge in [-0.1, -0.05) is 18.2 Å². The van der Waals surface area contributed by atoms with Crippen molar-refractivity contribution in [1.29, 1.82) is 0 Å². The molecule has 0 bridgehead atoms. The van der Waals surface area contributed by atoms with E-state index in [-0.39, 0.29) is 24.2 Å². The Bertz CT molecular complexity index is 363. The van der Waals surface area contributed by atoms with E-state index >= 15 is 0 Å². The van der Waals surface area contributed by atoms with Crippen molar-refractivity contribution in [2.45, 2.75) is 12.5 Å². The standard InChI is InChI=1S/C11H12FNO2/c12-10-4-2-1-3-8(10)5-11(14)13-9-6-15-7-9/h1-4,9H,5-7H2,(H,13,14). The molecule has 80 valence electrons. The third-order valence-corrected chi connectivity index (χ3v) is 2.31. The highest BCUT2D eigenvalue weighted by atomic mass is 19.1. The van der Waals surface area contributed by atoms with Crippen LogP contribution in [0.4, 0.5) is 4.39 Å². The summed E-state index contributed by atoms with van der Waals surface area (Å²) in [6.45, 7) is 1.12. The van der Waals surface area contributed by atoms with Gasteiger partial charge in [-0.15, -0.1) is 0 Å². The van der Waals surface area contributed by atoms with E-state index in [4.69, 9.17) is 4.74 Å². The molecule has 4 heteroatoms. The minimum absolute atomic E-state index is 0.0865.